The van der Waals surface area contributed by atoms with Crippen LogP contribution in [0.1, 0.15) is 17.5 Å². The van der Waals surface area contributed by atoms with E-state index in [2.05, 4.69) is 25.9 Å². The number of carbonyl (C=O) groups is 1. The van der Waals surface area contributed by atoms with E-state index < -0.39 is 0 Å². The first-order valence-electron chi connectivity index (χ1n) is 9.07. The summed E-state index contributed by atoms with van der Waals surface area (Å²) in [5, 5.41) is 10.3. The predicted molar refractivity (Wildman–Crippen MR) is 100 cm³/mol. The molecule has 0 radical (unpaired) electrons. The van der Waals surface area contributed by atoms with Crippen molar-refractivity contribution in [2.45, 2.75) is 24.9 Å². The van der Waals surface area contributed by atoms with Crippen LogP contribution in [0.3, 0.4) is 0 Å². The highest BCUT2D eigenvalue weighted by atomic mass is 16.2. The van der Waals surface area contributed by atoms with E-state index in [1.165, 1.54) is 0 Å². The van der Waals surface area contributed by atoms with Crippen molar-refractivity contribution in [1.29, 1.82) is 5.26 Å². The topological polar surface area (TPSA) is 88.9 Å². The zero-order valence-corrected chi connectivity index (χ0v) is 14.7. The number of benzene rings is 1. The van der Waals surface area contributed by atoms with Gasteiger partial charge in [0, 0.05) is 19.3 Å². The molecule has 7 heteroatoms. The van der Waals surface area contributed by atoms with Crippen molar-refractivity contribution in [3.05, 3.63) is 54.0 Å². The van der Waals surface area contributed by atoms with Crippen LogP contribution in [0.4, 0.5) is 5.82 Å². The number of nitriles is 1. The zero-order valence-electron chi connectivity index (χ0n) is 14.7. The third-order valence-corrected chi connectivity index (χ3v) is 5.65. The van der Waals surface area contributed by atoms with Crippen LogP contribution in [0.2, 0.25) is 0 Å². The SMILES string of the molecule is N#Cc1ccccc1CC(=O)N1CC2CC1CN2c1ncnc2[nH]ccc12. The Labute approximate surface area is 156 Å². The Morgan fingerprint density at radius 3 is 2.93 bits per heavy atom. The van der Waals surface area contributed by atoms with Crippen LogP contribution in [0, 0.1) is 11.3 Å². The van der Waals surface area contributed by atoms with Gasteiger partial charge in [-0.15, -0.1) is 0 Å². The summed E-state index contributed by atoms with van der Waals surface area (Å²) in [5.74, 6) is 1.04. The fourth-order valence-corrected chi connectivity index (χ4v) is 4.37. The quantitative estimate of drug-likeness (QED) is 0.772. The number of rotatable bonds is 3. The smallest absolute Gasteiger partial charge is 0.227 e. The largest absolute Gasteiger partial charge is 0.349 e. The van der Waals surface area contributed by atoms with Crippen LogP contribution in [0.5, 0.6) is 0 Å². The average molecular weight is 358 g/mol. The number of amides is 1. The average Bonchev–Trinajstić information content (AvgIpc) is 3.43. The van der Waals surface area contributed by atoms with Crippen molar-refractivity contribution in [2.24, 2.45) is 0 Å². The monoisotopic (exact) mass is 358 g/mol. The fourth-order valence-electron chi connectivity index (χ4n) is 4.37. The second-order valence-corrected chi connectivity index (χ2v) is 7.12. The van der Waals surface area contributed by atoms with E-state index in [1.54, 1.807) is 12.4 Å². The Hall–Kier alpha value is -3.40. The molecule has 0 spiro atoms. The summed E-state index contributed by atoms with van der Waals surface area (Å²) >= 11 is 0. The number of anilines is 1. The van der Waals surface area contributed by atoms with Gasteiger partial charge in [0.1, 0.15) is 17.8 Å². The standard InChI is InChI=1S/C20H18N6O/c21-9-14-4-2-1-3-13(14)7-18(27)25-10-16-8-15(25)11-26(16)20-17-5-6-22-19(17)23-12-24-20/h1-6,12,15-16H,7-8,10-11H2,(H,22,23,24). The summed E-state index contributed by atoms with van der Waals surface area (Å²) < 4.78 is 0. The Morgan fingerprint density at radius 2 is 2.11 bits per heavy atom. The van der Waals surface area contributed by atoms with Crippen molar-refractivity contribution in [3.63, 3.8) is 0 Å². The Bertz CT molecular complexity index is 1070. The van der Waals surface area contributed by atoms with E-state index in [0.717, 1.165) is 35.4 Å². The number of aromatic nitrogens is 3. The molecule has 4 heterocycles. The van der Waals surface area contributed by atoms with Crippen LogP contribution < -0.4 is 4.90 Å². The van der Waals surface area contributed by atoms with Gasteiger partial charge in [0.05, 0.1) is 35.5 Å². The molecule has 7 nitrogen and oxygen atoms in total. The van der Waals surface area contributed by atoms with Gasteiger partial charge in [0.15, 0.2) is 0 Å². The Morgan fingerprint density at radius 1 is 1.22 bits per heavy atom. The van der Waals surface area contributed by atoms with E-state index in [-0.39, 0.29) is 24.4 Å². The highest BCUT2D eigenvalue weighted by molar-refractivity contribution is 5.88. The molecule has 2 saturated heterocycles. The molecule has 0 aliphatic carbocycles. The highest BCUT2D eigenvalue weighted by Gasteiger charge is 2.46. The number of nitrogens with zero attached hydrogens (tertiary/aromatic N) is 5. The number of fused-ring (bicyclic) bond motifs is 3. The van der Waals surface area contributed by atoms with Gasteiger partial charge >= 0.3 is 0 Å². The molecule has 2 fully saturated rings. The minimum absolute atomic E-state index is 0.0966. The number of piperazine rings is 1. The van der Waals surface area contributed by atoms with E-state index >= 15 is 0 Å². The summed E-state index contributed by atoms with van der Waals surface area (Å²) in [7, 11) is 0. The summed E-state index contributed by atoms with van der Waals surface area (Å²) in [5.41, 5.74) is 2.21. The van der Waals surface area contributed by atoms with Gasteiger partial charge in [0.25, 0.3) is 0 Å². The van der Waals surface area contributed by atoms with Crippen LogP contribution in [-0.2, 0) is 11.2 Å². The summed E-state index contributed by atoms with van der Waals surface area (Å²) in [4.78, 5) is 29.0. The number of H-pyrrole nitrogens is 1. The van der Waals surface area contributed by atoms with Crippen molar-refractivity contribution < 1.29 is 4.79 Å². The summed E-state index contributed by atoms with van der Waals surface area (Å²) in [6, 6.07) is 12.0. The maximum absolute atomic E-state index is 12.9. The molecule has 27 heavy (non-hydrogen) atoms. The highest BCUT2D eigenvalue weighted by Crippen LogP contribution is 2.36. The third-order valence-electron chi connectivity index (χ3n) is 5.65. The fraction of sp³-hybridized carbons (Fsp3) is 0.300. The van der Waals surface area contributed by atoms with Gasteiger partial charge in [-0.25, -0.2) is 9.97 Å². The maximum Gasteiger partial charge on any atom is 0.227 e. The molecule has 134 valence electrons. The molecule has 1 aromatic carbocycles. The van der Waals surface area contributed by atoms with Crippen LogP contribution >= 0.6 is 0 Å². The lowest BCUT2D eigenvalue weighted by Crippen LogP contribution is -2.49. The first-order chi connectivity index (χ1) is 13.2. The first kappa shape index (κ1) is 15.8. The predicted octanol–water partition coefficient (Wildman–Crippen LogP) is 1.86. The minimum Gasteiger partial charge on any atom is -0.349 e. The van der Waals surface area contributed by atoms with Crippen LogP contribution in [0.25, 0.3) is 11.0 Å². The molecule has 1 N–H and O–H groups in total. The number of aromatic amines is 1. The first-order valence-corrected chi connectivity index (χ1v) is 9.07. The van der Waals surface area contributed by atoms with E-state index in [9.17, 15) is 10.1 Å². The molecule has 2 aliphatic rings. The van der Waals surface area contributed by atoms with Crippen LogP contribution in [0.15, 0.2) is 42.9 Å². The van der Waals surface area contributed by atoms with Gasteiger partial charge in [0.2, 0.25) is 5.91 Å². The number of hydrogen-bond donors (Lipinski definition) is 1. The van der Waals surface area contributed by atoms with E-state index in [1.807, 2.05) is 35.4 Å². The third kappa shape index (κ3) is 2.53. The van der Waals surface area contributed by atoms with E-state index in [4.69, 9.17) is 0 Å². The number of hydrogen-bond acceptors (Lipinski definition) is 5. The van der Waals surface area contributed by atoms with Gasteiger partial charge in [-0.3, -0.25) is 4.79 Å². The molecule has 5 rings (SSSR count). The number of carbonyl (C=O) groups excluding carboxylic acids is 1. The lowest BCUT2D eigenvalue weighted by molar-refractivity contribution is -0.131. The van der Waals surface area contributed by atoms with Crippen molar-refractivity contribution in [2.75, 3.05) is 18.0 Å². The lowest BCUT2D eigenvalue weighted by atomic mass is 10.0. The molecular formula is C20H18N6O. The van der Waals surface area contributed by atoms with Crippen LogP contribution in [-0.4, -0.2) is 50.9 Å². The molecule has 2 aliphatic heterocycles. The molecule has 2 atom stereocenters. The second kappa shape index (κ2) is 6.09. The van der Waals surface area contributed by atoms with E-state index in [0.29, 0.717) is 12.1 Å². The zero-order chi connectivity index (χ0) is 18.4. The molecular weight excluding hydrogens is 340 g/mol. The Balaban J connectivity index is 1.33. The maximum atomic E-state index is 12.9. The molecule has 2 aromatic heterocycles. The molecule has 3 aromatic rings. The minimum atomic E-state index is 0.0966. The van der Waals surface area contributed by atoms with Gasteiger partial charge in [-0.2, -0.15) is 5.26 Å². The number of nitrogens with one attached hydrogen (secondary N) is 1. The molecule has 2 unspecified atom stereocenters. The Kier molecular flexibility index (Phi) is 3.57. The van der Waals surface area contributed by atoms with Crippen molar-refractivity contribution >= 4 is 22.8 Å². The second-order valence-electron chi connectivity index (χ2n) is 7.12. The van der Waals surface area contributed by atoms with Crippen molar-refractivity contribution in [1.82, 2.24) is 19.9 Å². The van der Waals surface area contributed by atoms with Crippen molar-refractivity contribution in [3.8, 4) is 6.07 Å². The van der Waals surface area contributed by atoms with Gasteiger partial charge in [-0.1, -0.05) is 18.2 Å². The summed E-state index contributed by atoms with van der Waals surface area (Å²) in [6.45, 7) is 1.49. The normalized spacial score (nSPS) is 21.0. The molecule has 0 saturated carbocycles. The van der Waals surface area contributed by atoms with Gasteiger partial charge < -0.3 is 14.8 Å². The lowest BCUT2D eigenvalue weighted by Gasteiger charge is -2.35. The number of likely N-dealkylation sites (tertiary alicyclic amines) is 1. The molecule has 1 amide bonds. The molecule has 2 bridgehead atoms. The van der Waals surface area contributed by atoms with Gasteiger partial charge in [-0.05, 0) is 24.1 Å². The summed E-state index contributed by atoms with van der Waals surface area (Å²) in [6.07, 6.45) is 4.70.